The van der Waals surface area contributed by atoms with Gasteiger partial charge in [-0.05, 0) is 55.3 Å². The Hall–Kier alpha value is -0.240. The number of rotatable bonds is 5. The molecule has 1 N–H and O–H groups in total. The van der Waals surface area contributed by atoms with Crippen LogP contribution >= 0.6 is 23.2 Å². The zero-order chi connectivity index (χ0) is 13.0. The van der Waals surface area contributed by atoms with Crippen LogP contribution in [-0.2, 0) is 6.54 Å². The molecule has 0 aliphatic heterocycles. The molecule has 1 aliphatic carbocycles. The molecule has 1 aromatic carbocycles. The molecule has 0 spiro atoms. The van der Waals surface area contributed by atoms with Crippen molar-refractivity contribution >= 4 is 23.2 Å². The molecule has 0 heterocycles. The highest BCUT2D eigenvalue weighted by molar-refractivity contribution is 6.31. The molecule has 3 heteroatoms. The van der Waals surface area contributed by atoms with Crippen LogP contribution in [0.5, 0.6) is 0 Å². The van der Waals surface area contributed by atoms with Gasteiger partial charge in [-0.2, -0.15) is 0 Å². The summed E-state index contributed by atoms with van der Waals surface area (Å²) in [5.74, 6) is 2.25. The number of hydrogen-bond donors (Lipinski definition) is 1. The third kappa shape index (κ3) is 3.63. The van der Waals surface area contributed by atoms with E-state index in [-0.39, 0.29) is 0 Å². The quantitative estimate of drug-likeness (QED) is 0.791. The van der Waals surface area contributed by atoms with Crippen molar-refractivity contribution in [3.05, 3.63) is 34.3 Å². The molecular weight excluding hydrogens is 265 g/mol. The topological polar surface area (TPSA) is 12.0 Å². The van der Waals surface area contributed by atoms with Crippen LogP contribution in [0.25, 0.3) is 0 Å². The molecule has 0 radical (unpaired) electrons. The highest BCUT2D eigenvalue weighted by Crippen LogP contribution is 2.32. The summed E-state index contributed by atoms with van der Waals surface area (Å²) >= 11 is 12.2. The Morgan fingerprint density at radius 1 is 1.28 bits per heavy atom. The van der Waals surface area contributed by atoms with E-state index in [4.69, 9.17) is 23.2 Å². The highest BCUT2D eigenvalue weighted by atomic mass is 35.5. The van der Waals surface area contributed by atoms with Gasteiger partial charge in [0.1, 0.15) is 0 Å². The van der Waals surface area contributed by atoms with E-state index in [0.717, 1.165) is 29.9 Å². The monoisotopic (exact) mass is 285 g/mol. The maximum absolute atomic E-state index is 6.22. The van der Waals surface area contributed by atoms with Gasteiger partial charge in [-0.1, -0.05) is 30.2 Å². The summed E-state index contributed by atoms with van der Waals surface area (Å²) in [5.41, 5.74) is 2.39. The predicted molar refractivity (Wildman–Crippen MR) is 79.4 cm³/mol. The summed E-state index contributed by atoms with van der Waals surface area (Å²) in [6.45, 7) is 3.97. The van der Waals surface area contributed by atoms with Crippen molar-refractivity contribution in [2.45, 2.75) is 32.7 Å². The van der Waals surface area contributed by atoms with Crippen LogP contribution in [0.15, 0.2) is 18.2 Å². The van der Waals surface area contributed by atoms with Gasteiger partial charge in [-0.15, -0.1) is 11.6 Å². The van der Waals surface area contributed by atoms with Gasteiger partial charge < -0.3 is 5.32 Å². The Balaban J connectivity index is 1.81. The van der Waals surface area contributed by atoms with Crippen LogP contribution < -0.4 is 5.32 Å². The largest absolute Gasteiger partial charge is 0.312 e. The lowest BCUT2D eigenvalue weighted by molar-refractivity contribution is 0.395. The zero-order valence-corrected chi connectivity index (χ0v) is 12.4. The van der Waals surface area contributed by atoms with Crippen molar-refractivity contribution in [1.29, 1.82) is 0 Å². The second-order valence-corrected chi connectivity index (χ2v) is 6.05. The number of alkyl halides is 1. The summed E-state index contributed by atoms with van der Waals surface area (Å²) in [7, 11) is 0. The molecule has 1 aliphatic rings. The lowest BCUT2D eigenvalue weighted by Crippen LogP contribution is -2.25. The van der Waals surface area contributed by atoms with Crippen molar-refractivity contribution in [3.8, 4) is 0 Å². The Bertz CT molecular complexity index is 392. The van der Waals surface area contributed by atoms with Crippen molar-refractivity contribution in [1.82, 2.24) is 5.32 Å². The zero-order valence-electron chi connectivity index (χ0n) is 10.9. The van der Waals surface area contributed by atoms with Crippen LogP contribution in [0.4, 0.5) is 0 Å². The minimum Gasteiger partial charge on any atom is -0.312 e. The molecule has 100 valence electrons. The smallest absolute Gasteiger partial charge is 0.0453 e. The van der Waals surface area contributed by atoms with Crippen molar-refractivity contribution in [2.75, 3.05) is 12.4 Å². The molecule has 0 saturated heterocycles. The molecule has 2 unspecified atom stereocenters. The Morgan fingerprint density at radius 3 is 2.78 bits per heavy atom. The first-order chi connectivity index (χ1) is 8.70. The van der Waals surface area contributed by atoms with Crippen LogP contribution in [0, 0.1) is 18.8 Å². The average molecular weight is 286 g/mol. The van der Waals surface area contributed by atoms with E-state index in [9.17, 15) is 0 Å². The second-order valence-electron chi connectivity index (χ2n) is 5.33. The molecular formula is C15H21Cl2N. The van der Waals surface area contributed by atoms with Gasteiger partial charge in [0.2, 0.25) is 0 Å². The third-order valence-corrected chi connectivity index (χ3v) is 4.69. The minimum atomic E-state index is 0.702. The van der Waals surface area contributed by atoms with Crippen LogP contribution in [0.2, 0.25) is 5.02 Å². The first kappa shape index (κ1) is 14.2. The fourth-order valence-electron chi connectivity index (χ4n) is 2.77. The summed E-state index contributed by atoms with van der Waals surface area (Å²) in [5, 5.41) is 4.39. The van der Waals surface area contributed by atoms with Gasteiger partial charge in [0, 0.05) is 17.4 Å². The molecule has 1 saturated carbocycles. The van der Waals surface area contributed by atoms with E-state index >= 15 is 0 Å². The molecule has 0 aromatic heterocycles. The van der Waals surface area contributed by atoms with Gasteiger partial charge in [0.15, 0.2) is 0 Å². The predicted octanol–water partition coefficient (Wildman–Crippen LogP) is 4.39. The minimum absolute atomic E-state index is 0.702. The van der Waals surface area contributed by atoms with E-state index in [0.29, 0.717) is 5.92 Å². The Morgan fingerprint density at radius 2 is 2.06 bits per heavy atom. The number of nitrogens with one attached hydrogen (secondary N) is 1. The number of hydrogen-bond acceptors (Lipinski definition) is 1. The van der Waals surface area contributed by atoms with Crippen molar-refractivity contribution in [2.24, 2.45) is 11.8 Å². The summed E-state index contributed by atoms with van der Waals surface area (Å²) in [6, 6.07) is 6.24. The first-order valence-electron chi connectivity index (χ1n) is 6.72. The van der Waals surface area contributed by atoms with Crippen LogP contribution in [0.1, 0.15) is 30.4 Å². The van der Waals surface area contributed by atoms with Gasteiger partial charge >= 0.3 is 0 Å². The molecule has 1 aromatic rings. The van der Waals surface area contributed by atoms with Gasteiger partial charge in [0.05, 0.1) is 0 Å². The lowest BCUT2D eigenvalue weighted by atomic mass is 9.98. The second kappa shape index (κ2) is 6.79. The van der Waals surface area contributed by atoms with E-state index in [2.05, 4.69) is 24.4 Å². The average Bonchev–Trinajstić information content (AvgIpc) is 2.79. The first-order valence-corrected chi connectivity index (χ1v) is 7.63. The molecule has 18 heavy (non-hydrogen) atoms. The van der Waals surface area contributed by atoms with Crippen molar-refractivity contribution in [3.63, 3.8) is 0 Å². The summed E-state index contributed by atoms with van der Waals surface area (Å²) < 4.78 is 0. The van der Waals surface area contributed by atoms with Crippen LogP contribution in [0.3, 0.4) is 0 Å². The molecule has 1 fully saturated rings. The Kier molecular flexibility index (Phi) is 5.35. The van der Waals surface area contributed by atoms with E-state index in [1.165, 1.54) is 30.4 Å². The third-order valence-electron chi connectivity index (χ3n) is 3.95. The van der Waals surface area contributed by atoms with Gasteiger partial charge in [0.25, 0.3) is 0 Å². The molecule has 2 rings (SSSR count). The van der Waals surface area contributed by atoms with E-state index < -0.39 is 0 Å². The summed E-state index contributed by atoms with van der Waals surface area (Å²) in [6.07, 6.45) is 3.93. The van der Waals surface area contributed by atoms with E-state index in [1.807, 2.05) is 6.07 Å². The molecule has 1 nitrogen and oxygen atoms in total. The maximum Gasteiger partial charge on any atom is 0.0453 e. The van der Waals surface area contributed by atoms with Gasteiger partial charge in [-0.25, -0.2) is 0 Å². The number of halogens is 2. The SMILES string of the molecule is Cc1ccc(CNCC2CCCC2CCl)c(Cl)c1. The maximum atomic E-state index is 6.22. The highest BCUT2D eigenvalue weighted by Gasteiger charge is 2.25. The lowest BCUT2D eigenvalue weighted by Gasteiger charge is -2.18. The van der Waals surface area contributed by atoms with Crippen molar-refractivity contribution < 1.29 is 0 Å². The fraction of sp³-hybridized carbons (Fsp3) is 0.600. The molecule has 0 bridgehead atoms. The Labute approximate surface area is 120 Å². The van der Waals surface area contributed by atoms with E-state index in [1.54, 1.807) is 0 Å². The summed E-state index contributed by atoms with van der Waals surface area (Å²) in [4.78, 5) is 0. The molecule has 0 amide bonds. The van der Waals surface area contributed by atoms with Gasteiger partial charge in [-0.3, -0.25) is 0 Å². The number of benzene rings is 1. The standard InChI is InChI=1S/C15H21Cl2N/c1-11-5-6-14(15(17)7-11)10-18-9-13-4-2-3-12(13)8-16/h5-7,12-13,18H,2-4,8-10H2,1H3. The number of aryl methyl sites for hydroxylation is 1. The van der Waals surface area contributed by atoms with Crippen LogP contribution in [-0.4, -0.2) is 12.4 Å². The molecule has 2 atom stereocenters. The normalized spacial score (nSPS) is 23.5. The fourth-order valence-corrected chi connectivity index (χ4v) is 3.48.